The van der Waals surface area contributed by atoms with Crippen molar-refractivity contribution >= 4 is 30.7 Å². The van der Waals surface area contributed by atoms with Gasteiger partial charge in [-0.1, -0.05) is 0 Å². The third-order valence-electron chi connectivity index (χ3n) is 4.49. The van der Waals surface area contributed by atoms with Gasteiger partial charge in [0.1, 0.15) is 0 Å². The van der Waals surface area contributed by atoms with Gasteiger partial charge in [0, 0.05) is 26.3 Å². The van der Waals surface area contributed by atoms with Crippen LogP contribution in [-0.2, 0) is 18.3 Å². The van der Waals surface area contributed by atoms with E-state index in [1.54, 1.807) is 10.9 Å². The smallest absolute Gasteiger partial charge is 0.227 e. The maximum atomic E-state index is 12.3. The van der Waals surface area contributed by atoms with E-state index in [4.69, 9.17) is 0 Å². The molecule has 3 heterocycles. The molecule has 0 unspecified atom stereocenters. The number of likely N-dealkylation sites (tertiary alicyclic amines) is 1. The van der Waals surface area contributed by atoms with Crippen LogP contribution in [0, 0.1) is 11.8 Å². The van der Waals surface area contributed by atoms with E-state index in [2.05, 4.69) is 10.4 Å². The molecule has 2 aliphatic heterocycles. The summed E-state index contributed by atoms with van der Waals surface area (Å²) in [6.07, 6.45) is 6.50. The van der Waals surface area contributed by atoms with Crippen LogP contribution in [0.25, 0.3) is 0 Å². The molecule has 0 aliphatic carbocycles. The minimum atomic E-state index is 0. The van der Waals surface area contributed by atoms with Crippen molar-refractivity contribution in [1.29, 1.82) is 0 Å². The number of hydrogen-bond acceptors (Lipinski definition) is 3. The van der Waals surface area contributed by atoms with E-state index in [1.165, 1.54) is 0 Å². The summed E-state index contributed by atoms with van der Waals surface area (Å²) < 4.78 is 1.75. The van der Waals surface area contributed by atoms with Gasteiger partial charge in [0.2, 0.25) is 5.91 Å². The molecule has 2 fully saturated rings. The number of aryl methyl sites for hydroxylation is 1. The molecule has 0 bridgehead atoms. The molecule has 0 spiro atoms. The lowest BCUT2D eigenvalue weighted by Gasteiger charge is -2.20. The second-order valence-electron chi connectivity index (χ2n) is 5.84. The quantitative estimate of drug-likeness (QED) is 0.885. The molecular weight excluding hydrogens is 311 g/mol. The van der Waals surface area contributed by atoms with Crippen molar-refractivity contribution in [2.45, 2.75) is 19.3 Å². The summed E-state index contributed by atoms with van der Waals surface area (Å²) in [6.45, 7) is 4.11. The molecular formula is C14H24Cl2N4O. The normalized spacial score (nSPS) is 24.5. The molecule has 2 atom stereocenters. The van der Waals surface area contributed by atoms with Crippen molar-refractivity contribution in [1.82, 2.24) is 20.0 Å². The Morgan fingerprint density at radius 1 is 1.29 bits per heavy atom. The molecule has 1 amide bonds. The Morgan fingerprint density at radius 3 is 2.43 bits per heavy atom. The number of hydrogen-bond donors (Lipinski definition) is 1. The predicted octanol–water partition coefficient (Wildman–Crippen LogP) is 1.26. The van der Waals surface area contributed by atoms with Crippen molar-refractivity contribution in [3.8, 4) is 0 Å². The summed E-state index contributed by atoms with van der Waals surface area (Å²) in [5.74, 6) is 1.80. The molecule has 0 saturated carbocycles. The molecule has 3 rings (SSSR count). The van der Waals surface area contributed by atoms with Gasteiger partial charge in [-0.25, -0.2) is 0 Å². The van der Waals surface area contributed by atoms with E-state index in [1.807, 2.05) is 18.1 Å². The Bertz CT molecular complexity index is 452. The number of halogens is 2. The fraction of sp³-hybridized carbons (Fsp3) is 0.714. The van der Waals surface area contributed by atoms with Gasteiger partial charge in [-0.2, -0.15) is 5.10 Å². The van der Waals surface area contributed by atoms with Crippen LogP contribution in [0.3, 0.4) is 0 Å². The molecule has 21 heavy (non-hydrogen) atoms. The average molecular weight is 335 g/mol. The second-order valence-corrected chi connectivity index (χ2v) is 5.84. The Labute approximate surface area is 138 Å². The van der Waals surface area contributed by atoms with Crippen molar-refractivity contribution in [3.05, 3.63) is 18.0 Å². The van der Waals surface area contributed by atoms with Crippen LogP contribution in [0.4, 0.5) is 0 Å². The molecule has 2 saturated heterocycles. The molecule has 0 radical (unpaired) electrons. The van der Waals surface area contributed by atoms with Crippen molar-refractivity contribution < 1.29 is 4.79 Å². The number of rotatable bonds is 2. The number of nitrogens with zero attached hydrogens (tertiary/aromatic N) is 3. The SMILES string of the molecule is Cl.Cl.Cn1cc(CC(=O)N2CC[C@@H]3CNC[C@@H]3CC2)cn1. The third kappa shape index (κ3) is 4.34. The van der Waals surface area contributed by atoms with E-state index in [0.717, 1.165) is 56.4 Å². The molecule has 1 aromatic rings. The van der Waals surface area contributed by atoms with Crippen LogP contribution in [-0.4, -0.2) is 46.8 Å². The van der Waals surface area contributed by atoms with Gasteiger partial charge in [-0.15, -0.1) is 24.8 Å². The van der Waals surface area contributed by atoms with Gasteiger partial charge in [0.25, 0.3) is 0 Å². The van der Waals surface area contributed by atoms with Crippen LogP contribution in [0.2, 0.25) is 0 Å². The van der Waals surface area contributed by atoms with Gasteiger partial charge >= 0.3 is 0 Å². The summed E-state index contributed by atoms with van der Waals surface area (Å²) >= 11 is 0. The second kappa shape index (κ2) is 8.01. The maximum Gasteiger partial charge on any atom is 0.227 e. The fourth-order valence-electron chi connectivity index (χ4n) is 3.32. The third-order valence-corrected chi connectivity index (χ3v) is 4.49. The average Bonchev–Trinajstić information content (AvgIpc) is 2.94. The zero-order chi connectivity index (χ0) is 13.2. The molecule has 0 aromatic carbocycles. The first-order chi connectivity index (χ1) is 9.22. The highest BCUT2D eigenvalue weighted by Gasteiger charge is 2.31. The van der Waals surface area contributed by atoms with Crippen LogP contribution in [0.5, 0.6) is 0 Å². The van der Waals surface area contributed by atoms with Crippen molar-refractivity contribution in [2.75, 3.05) is 26.2 Å². The fourth-order valence-corrected chi connectivity index (χ4v) is 3.32. The lowest BCUT2D eigenvalue weighted by molar-refractivity contribution is -0.130. The first kappa shape index (κ1) is 18.3. The highest BCUT2D eigenvalue weighted by Crippen LogP contribution is 2.27. The molecule has 120 valence electrons. The van der Waals surface area contributed by atoms with Crippen LogP contribution in [0.1, 0.15) is 18.4 Å². The number of carbonyl (C=O) groups is 1. The highest BCUT2D eigenvalue weighted by atomic mass is 35.5. The molecule has 2 aliphatic rings. The van der Waals surface area contributed by atoms with Crippen LogP contribution in [0.15, 0.2) is 12.4 Å². The summed E-state index contributed by atoms with van der Waals surface area (Å²) in [5.41, 5.74) is 1.01. The largest absolute Gasteiger partial charge is 0.342 e. The van der Waals surface area contributed by atoms with Gasteiger partial charge in [-0.05, 0) is 43.3 Å². The van der Waals surface area contributed by atoms with Gasteiger partial charge in [0.15, 0.2) is 0 Å². The number of nitrogens with one attached hydrogen (secondary N) is 1. The monoisotopic (exact) mass is 334 g/mol. The van der Waals surface area contributed by atoms with Gasteiger partial charge in [0.05, 0.1) is 12.6 Å². The van der Waals surface area contributed by atoms with E-state index in [9.17, 15) is 4.79 Å². The zero-order valence-corrected chi connectivity index (χ0v) is 14.0. The molecule has 5 nitrogen and oxygen atoms in total. The van der Waals surface area contributed by atoms with Crippen molar-refractivity contribution in [3.63, 3.8) is 0 Å². The lowest BCUT2D eigenvalue weighted by Crippen LogP contribution is -2.33. The Balaban J connectivity index is 0.00000110. The molecule has 1 aromatic heterocycles. The van der Waals surface area contributed by atoms with E-state index < -0.39 is 0 Å². The minimum Gasteiger partial charge on any atom is -0.342 e. The lowest BCUT2D eigenvalue weighted by atomic mass is 9.92. The van der Waals surface area contributed by atoms with E-state index in [0.29, 0.717) is 6.42 Å². The van der Waals surface area contributed by atoms with Crippen LogP contribution < -0.4 is 5.32 Å². The predicted molar refractivity (Wildman–Crippen MR) is 87.1 cm³/mol. The Kier molecular flexibility index (Phi) is 6.97. The molecule has 7 heteroatoms. The summed E-state index contributed by atoms with van der Waals surface area (Å²) in [6, 6.07) is 0. The summed E-state index contributed by atoms with van der Waals surface area (Å²) in [7, 11) is 1.88. The van der Waals surface area contributed by atoms with Gasteiger partial charge in [-0.3, -0.25) is 9.48 Å². The maximum absolute atomic E-state index is 12.3. The number of amides is 1. The van der Waals surface area contributed by atoms with E-state index >= 15 is 0 Å². The highest BCUT2D eigenvalue weighted by molar-refractivity contribution is 5.85. The van der Waals surface area contributed by atoms with E-state index in [-0.39, 0.29) is 30.7 Å². The number of carbonyl (C=O) groups excluding carboxylic acids is 1. The Hall–Kier alpha value is -0.780. The Morgan fingerprint density at radius 2 is 1.90 bits per heavy atom. The standard InChI is InChI=1S/C14H22N4O.2ClH/c1-17-10-11(7-16-17)6-14(19)18-4-2-12-8-15-9-13(12)3-5-18;;/h7,10,12-13,15H,2-6,8-9H2,1H3;2*1H/t12-,13+;;. The summed E-state index contributed by atoms with van der Waals surface area (Å²) in [5, 5.41) is 7.58. The number of fused-ring (bicyclic) bond motifs is 1. The molecule has 1 N–H and O–H groups in total. The zero-order valence-electron chi connectivity index (χ0n) is 12.3. The number of aromatic nitrogens is 2. The van der Waals surface area contributed by atoms with Gasteiger partial charge < -0.3 is 10.2 Å². The van der Waals surface area contributed by atoms with Crippen LogP contribution >= 0.6 is 24.8 Å². The first-order valence-corrected chi connectivity index (χ1v) is 7.18. The minimum absolute atomic E-state index is 0. The topological polar surface area (TPSA) is 50.2 Å². The van der Waals surface area contributed by atoms with Crippen molar-refractivity contribution in [2.24, 2.45) is 18.9 Å². The first-order valence-electron chi connectivity index (χ1n) is 7.18. The summed E-state index contributed by atoms with van der Waals surface area (Å²) in [4.78, 5) is 14.4.